The van der Waals surface area contributed by atoms with E-state index in [2.05, 4.69) is 15.5 Å². The first-order valence-corrected chi connectivity index (χ1v) is 8.55. The van der Waals surface area contributed by atoms with Crippen molar-refractivity contribution >= 4 is 17.7 Å². The summed E-state index contributed by atoms with van der Waals surface area (Å²) < 4.78 is 1.48. The number of carbonyl (C=O) groups is 1. The number of piperidine rings is 1. The van der Waals surface area contributed by atoms with E-state index in [1.54, 1.807) is 6.92 Å². The molecular weight excluding hydrogens is 318 g/mol. The van der Waals surface area contributed by atoms with Gasteiger partial charge in [0.2, 0.25) is 0 Å². The van der Waals surface area contributed by atoms with Gasteiger partial charge in [-0.15, -0.1) is 5.10 Å². The van der Waals surface area contributed by atoms with Crippen LogP contribution in [0.15, 0.2) is 30.3 Å². The Morgan fingerprint density at radius 1 is 1.28 bits per heavy atom. The zero-order valence-electron chi connectivity index (χ0n) is 14.5. The fourth-order valence-electron chi connectivity index (χ4n) is 3.12. The van der Waals surface area contributed by atoms with Gasteiger partial charge in [-0.1, -0.05) is 30.3 Å². The van der Waals surface area contributed by atoms with Crippen molar-refractivity contribution in [3.05, 3.63) is 41.7 Å². The highest BCUT2D eigenvalue weighted by Crippen LogP contribution is 2.23. The molecule has 1 atom stereocenters. The van der Waals surface area contributed by atoms with Gasteiger partial charge in [0, 0.05) is 13.1 Å². The Hall–Kier alpha value is -2.54. The Balaban J connectivity index is 1.87. The van der Waals surface area contributed by atoms with Gasteiger partial charge < -0.3 is 10.0 Å². The number of aliphatic hydroxyl groups excluding tert-OH is 1. The molecule has 1 unspecified atom stereocenters. The number of aliphatic hydroxyl groups is 1. The number of benzene rings is 1. The van der Waals surface area contributed by atoms with Crippen molar-refractivity contribution < 1.29 is 9.90 Å². The predicted octanol–water partition coefficient (Wildman–Crippen LogP) is 1.60. The quantitative estimate of drug-likeness (QED) is 0.854. The van der Waals surface area contributed by atoms with Crippen LogP contribution in [0.2, 0.25) is 0 Å². The second-order valence-electron chi connectivity index (χ2n) is 6.45. The summed E-state index contributed by atoms with van der Waals surface area (Å²) in [5.74, 6) is 0.720. The SMILES string of the molecule is Cc1nnnn1C(=Cc1ccccc1)C(=O)N1CCC(C(C)O)CC1. The Kier molecular flexibility index (Phi) is 5.23. The fraction of sp³-hybridized carbons (Fsp3) is 0.444. The van der Waals surface area contributed by atoms with Crippen LogP contribution in [0.1, 0.15) is 31.2 Å². The van der Waals surface area contributed by atoms with Crippen LogP contribution >= 0.6 is 0 Å². The molecular formula is C18H23N5O2. The molecule has 1 aliphatic heterocycles. The molecule has 25 heavy (non-hydrogen) atoms. The first kappa shape index (κ1) is 17.3. The van der Waals surface area contributed by atoms with Gasteiger partial charge in [0.25, 0.3) is 5.91 Å². The van der Waals surface area contributed by atoms with Gasteiger partial charge in [-0.25, -0.2) is 0 Å². The number of hydrogen-bond acceptors (Lipinski definition) is 5. The minimum atomic E-state index is -0.335. The number of aromatic nitrogens is 4. The third-order valence-electron chi connectivity index (χ3n) is 4.68. The number of likely N-dealkylation sites (tertiary alicyclic amines) is 1. The van der Waals surface area contributed by atoms with E-state index >= 15 is 0 Å². The minimum Gasteiger partial charge on any atom is -0.393 e. The standard InChI is InChI=1S/C18H23N5O2/c1-13(24)16-8-10-22(11-9-16)18(25)17(23-14(2)19-20-21-23)12-15-6-4-3-5-7-15/h3-7,12-13,16,24H,8-11H2,1-2H3. The molecule has 0 spiro atoms. The van der Waals surface area contributed by atoms with E-state index in [-0.39, 0.29) is 17.9 Å². The summed E-state index contributed by atoms with van der Waals surface area (Å²) in [7, 11) is 0. The van der Waals surface area contributed by atoms with Crippen LogP contribution in [0, 0.1) is 12.8 Å². The van der Waals surface area contributed by atoms with Gasteiger partial charge in [-0.05, 0) is 54.7 Å². The van der Waals surface area contributed by atoms with Crippen molar-refractivity contribution in [2.45, 2.75) is 32.8 Å². The summed E-state index contributed by atoms with van der Waals surface area (Å²) in [6, 6.07) is 9.66. The average Bonchev–Trinajstić information content (AvgIpc) is 3.06. The van der Waals surface area contributed by atoms with E-state index in [9.17, 15) is 9.90 Å². The Morgan fingerprint density at radius 3 is 2.52 bits per heavy atom. The first-order chi connectivity index (χ1) is 12.1. The fourth-order valence-corrected chi connectivity index (χ4v) is 3.12. The molecule has 0 radical (unpaired) electrons. The molecule has 3 rings (SSSR count). The highest BCUT2D eigenvalue weighted by molar-refractivity contribution is 6.18. The molecule has 132 valence electrons. The van der Waals surface area contributed by atoms with Crippen molar-refractivity contribution in [3.63, 3.8) is 0 Å². The van der Waals surface area contributed by atoms with Gasteiger partial charge in [0.15, 0.2) is 5.82 Å². The topological polar surface area (TPSA) is 84.1 Å². The monoisotopic (exact) mass is 341 g/mol. The third kappa shape index (κ3) is 3.93. The molecule has 7 heteroatoms. The van der Waals surface area contributed by atoms with Gasteiger partial charge >= 0.3 is 0 Å². The van der Waals surface area contributed by atoms with E-state index in [4.69, 9.17) is 0 Å². The lowest BCUT2D eigenvalue weighted by Crippen LogP contribution is -2.41. The Labute approximate surface area is 147 Å². The molecule has 1 aromatic carbocycles. The van der Waals surface area contributed by atoms with E-state index in [0.29, 0.717) is 24.6 Å². The number of rotatable bonds is 4. The van der Waals surface area contributed by atoms with E-state index in [1.807, 2.05) is 48.2 Å². The van der Waals surface area contributed by atoms with Crippen LogP contribution < -0.4 is 0 Å². The maximum Gasteiger partial charge on any atom is 0.272 e. The van der Waals surface area contributed by atoms with Gasteiger partial charge in [-0.2, -0.15) is 4.68 Å². The van der Waals surface area contributed by atoms with Crippen molar-refractivity contribution in [1.82, 2.24) is 25.1 Å². The molecule has 7 nitrogen and oxygen atoms in total. The highest BCUT2D eigenvalue weighted by atomic mass is 16.3. The highest BCUT2D eigenvalue weighted by Gasteiger charge is 2.28. The number of nitrogens with zero attached hydrogens (tertiary/aromatic N) is 5. The Morgan fingerprint density at radius 2 is 1.96 bits per heavy atom. The maximum atomic E-state index is 13.1. The summed E-state index contributed by atoms with van der Waals surface area (Å²) in [6.45, 7) is 4.84. The van der Waals surface area contributed by atoms with Crippen molar-refractivity contribution in [1.29, 1.82) is 0 Å². The molecule has 0 aliphatic carbocycles. The minimum absolute atomic E-state index is 0.0942. The van der Waals surface area contributed by atoms with Gasteiger partial charge in [0.1, 0.15) is 5.70 Å². The lowest BCUT2D eigenvalue weighted by molar-refractivity contribution is -0.127. The van der Waals surface area contributed by atoms with Gasteiger partial charge in [0.05, 0.1) is 6.10 Å². The van der Waals surface area contributed by atoms with E-state index in [0.717, 1.165) is 18.4 Å². The molecule has 1 amide bonds. The molecule has 2 heterocycles. The number of amides is 1. The smallest absolute Gasteiger partial charge is 0.272 e. The summed E-state index contributed by atoms with van der Waals surface area (Å²) >= 11 is 0. The van der Waals surface area contributed by atoms with Crippen LogP contribution in [0.5, 0.6) is 0 Å². The molecule has 1 aliphatic rings. The summed E-state index contributed by atoms with van der Waals surface area (Å²) in [6.07, 6.45) is 3.08. The first-order valence-electron chi connectivity index (χ1n) is 8.55. The zero-order valence-corrected chi connectivity index (χ0v) is 14.5. The lowest BCUT2D eigenvalue weighted by Gasteiger charge is -2.33. The summed E-state index contributed by atoms with van der Waals surface area (Å²) in [5.41, 5.74) is 1.35. The zero-order chi connectivity index (χ0) is 17.8. The molecule has 0 saturated carbocycles. The summed E-state index contributed by atoms with van der Waals surface area (Å²) in [5, 5.41) is 21.3. The number of aryl methyl sites for hydroxylation is 1. The molecule has 1 aromatic heterocycles. The second kappa shape index (κ2) is 7.57. The lowest BCUT2D eigenvalue weighted by atomic mass is 9.92. The molecule has 2 aromatic rings. The van der Waals surface area contributed by atoms with Gasteiger partial charge in [-0.3, -0.25) is 4.79 Å². The normalized spacial score (nSPS) is 17.6. The molecule has 0 bridgehead atoms. The largest absolute Gasteiger partial charge is 0.393 e. The van der Waals surface area contributed by atoms with Crippen LogP contribution in [0.3, 0.4) is 0 Å². The maximum absolute atomic E-state index is 13.1. The van der Waals surface area contributed by atoms with Crippen LogP contribution in [0.4, 0.5) is 0 Å². The molecule has 1 fully saturated rings. The van der Waals surface area contributed by atoms with Crippen LogP contribution in [0.25, 0.3) is 11.8 Å². The van der Waals surface area contributed by atoms with Crippen molar-refractivity contribution in [3.8, 4) is 0 Å². The number of hydrogen-bond donors (Lipinski definition) is 1. The van der Waals surface area contributed by atoms with Crippen molar-refractivity contribution in [2.24, 2.45) is 5.92 Å². The van der Waals surface area contributed by atoms with Crippen molar-refractivity contribution in [2.75, 3.05) is 13.1 Å². The van der Waals surface area contributed by atoms with Crippen LogP contribution in [-0.4, -0.2) is 55.3 Å². The van der Waals surface area contributed by atoms with E-state index < -0.39 is 0 Å². The van der Waals surface area contributed by atoms with E-state index in [1.165, 1.54) is 4.68 Å². The predicted molar refractivity (Wildman–Crippen MR) is 94.1 cm³/mol. The second-order valence-corrected chi connectivity index (χ2v) is 6.45. The molecule has 1 N–H and O–H groups in total. The Bertz CT molecular complexity index is 746. The summed E-state index contributed by atoms with van der Waals surface area (Å²) in [4.78, 5) is 14.9. The average molecular weight is 341 g/mol. The third-order valence-corrected chi connectivity index (χ3v) is 4.68. The number of tetrazole rings is 1. The molecule has 1 saturated heterocycles. The van der Waals surface area contributed by atoms with Crippen LogP contribution in [-0.2, 0) is 4.79 Å². The number of carbonyl (C=O) groups excluding carboxylic acids is 1.